The van der Waals surface area contributed by atoms with Gasteiger partial charge in [-0.15, -0.1) is 0 Å². The van der Waals surface area contributed by atoms with Crippen molar-refractivity contribution in [3.63, 3.8) is 0 Å². The molecule has 2 aromatic rings. The van der Waals surface area contributed by atoms with Crippen LogP contribution in [0.4, 0.5) is 11.4 Å². The van der Waals surface area contributed by atoms with Gasteiger partial charge in [0.25, 0.3) is 0 Å². The van der Waals surface area contributed by atoms with Gasteiger partial charge in [0.15, 0.2) is 0 Å². The summed E-state index contributed by atoms with van der Waals surface area (Å²) < 4.78 is 0. The monoisotopic (exact) mass is 296 g/mol. The summed E-state index contributed by atoms with van der Waals surface area (Å²) in [6.45, 7) is 1.91. The van der Waals surface area contributed by atoms with E-state index in [0.717, 1.165) is 11.4 Å². The van der Waals surface area contributed by atoms with Gasteiger partial charge in [-0.2, -0.15) is 0 Å². The highest BCUT2D eigenvalue weighted by molar-refractivity contribution is 5.98. The van der Waals surface area contributed by atoms with E-state index in [1.54, 1.807) is 0 Å². The number of amides is 2. The molecule has 0 saturated heterocycles. The van der Waals surface area contributed by atoms with Crippen LogP contribution in [0.3, 0.4) is 0 Å². The van der Waals surface area contributed by atoms with Crippen molar-refractivity contribution in [1.29, 1.82) is 0 Å². The van der Waals surface area contributed by atoms with E-state index in [9.17, 15) is 9.59 Å². The van der Waals surface area contributed by atoms with E-state index in [4.69, 9.17) is 0 Å². The van der Waals surface area contributed by atoms with E-state index in [0.29, 0.717) is 6.42 Å². The lowest BCUT2D eigenvalue weighted by atomic mass is 10.0. The molecule has 114 valence electrons. The van der Waals surface area contributed by atoms with Crippen molar-refractivity contribution in [3.8, 4) is 0 Å². The molecular formula is C18H20N2O2. The summed E-state index contributed by atoms with van der Waals surface area (Å²) in [5.74, 6) is -0.623. The van der Waals surface area contributed by atoms with Crippen LogP contribution in [0.1, 0.15) is 19.8 Å². The van der Waals surface area contributed by atoms with E-state index in [2.05, 4.69) is 10.6 Å². The molecule has 0 heterocycles. The highest BCUT2D eigenvalue weighted by atomic mass is 16.2. The number of rotatable bonds is 6. The molecule has 0 aliphatic carbocycles. The lowest BCUT2D eigenvalue weighted by Gasteiger charge is -2.15. The zero-order chi connectivity index (χ0) is 15.8. The second-order valence-corrected chi connectivity index (χ2v) is 5.08. The molecule has 2 N–H and O–H groups in total. The normalized spacial score (nSPS) is 11.5. The minimum atomic E-state index is -0.344. The lowest BCUT2D eigenvalue weighted by molar-refractivity contribution is -0.125. The van der Waals surface area contributed by atoms with Crippen molar-refractivity contribution >= 4 is 23.2 Å². The first-order chi connectivity index (χ1) is 10.7. The van der Waals surface area contributed by atoms with Gasteiger partial charge in [0.2, 0.25) is 11.8 Å². The maximum atomic E-state index is 12.2. The van der Waals surface area contributed by atoms with Gasteiger partial charge in [0.05, 0.1) is 0 Å². The van der Waals surface area contributed by atoms with Gasteiger partial charge >= 0.3 is 0 Å². The SMILES string of the molecule is CCC(CC(=O)Nc1ccccc1)C(=O)Nc1ccccc1. The number of para-hydroxylation sites is 2. The maximum Gasteiger partial charge on any atom is 0.227 e. The third-order valence-corrected chi connectivity index (χ3v) is 3.39. The second kappa shape index (κ2) is 7.98. The van der Waals surface area contributed by atoms with Gasteiger partial charge in [-0.3, -0.25) is 9.59 Å². The summed E-state index contributed by atoms with van der Waals surface area (Å²) in [6, 6.07) is 18.5. The fourth-order valence-corrected chi connectivity index (χ4v) is 2.15. The van der Waals surface area contributed by atoms with Crippen molar-refractivity contribution < 1.29 is 9.59 Å². The van der Waals surface area contributed by atoms with E-state index >= 15 is 0 Å². The Labute approximate surface area is 130 Å². The molecule has 0 aliphatic rings. The first-order valence-corrected chi connectivity index (χ1v) is 7.40. The fourth-order valence-electron chi connectivity index (χ4n) is 2.15. The van der Waals surface area contributed by atoms with Gasteiger partial charge in [-0.25, -0.2) is 0 Å². The smallest absolute Gasteiger partial charge is 0.227 e. The highest BCUT2D eigenvalue weighted by Gasteiger charge is 2.20. The zero-order valence-corrected chi connectivity index (χ0v) is 12.6. The Morgan fingerprint density at radius 1 is 0.864 bits per heavy atom. The van der Waals surface area contributed by atoms with Crippen molar-refractivity contribution in [2.45, 2.75) is 19.8 Å². The van der Waals surface area contributed by atoms with Crippen LogP contribution < -0.4 is 10.6 Å². The Morgan fingerprint density at radius 2 is 1.36 bits per heavy atom. The molecule has 4 heteroatoms. The van der Waals surface area contributed by atoms with Gasteiger partial charge < -0.3 is 10.6 Å². The first-order valence-electron chi connectivity index (χ1n) is 7.40. The third kappa shape index (κ3) is 4.74. The minimum absolute atomic E-state index is 0.128. The van der Waals surface area contributed by atoms with Crippen LogP contribution in [0.25, 0.3) is 0 Å². The standard InChI is InChI=1S/C18H20N2O2/c1-2-14(18(22)20-16-11-7-4-8-12-16)13-17(21)19-15-9-5-3-6-10-15/h3-12,14H,2,13H2,1H3,(H,19,21)(H,20,22). The van der Waals surface area contributed by atoms with Gasteiger partial charge in [-0.05, 0) is 30.7 Å². The molecule has 4 nitrogen and oxygen atoms in total. The Bertz CT molecular complexity index is 611. The van der Waals surface area contributed by atoms with E-state index < -0.39 is 0 Å². The van der Waals surface area contributed by atoms with Crippen molar-refractivity contribution in [3.05, 3.63) is 60.7 Å². The Morgan fingerprint density at radius 3 is 1.86 bits per heavy atom. The largest absolute Gasteiger partial charge is 0.326 e. The van der Waals surface area contributed by atoms with E-state index in [1.165, 1.54) is 0 Å². The topological polar surface area (TPSA) is 58.2 Å². The molecule has 0 saturated carbocycles. The summed E-state index contributed by atoms with van der Waals surface area (Å²) >= 11 is 0. The van der Waals surface area contributed by atoms with Crippen LogP contribution in [-0.4, -0.2) is 11.8 Å². The summed E-state index contributed by atoms with van der Waals surface area (Å²) in [7, 11) is 0. The summed E-state index contributed by atoms with van der Waals surface area (Å²) in [5.41, 5.74) is 1.49. The fraction of sp³-hybridized carbons (Fsp3) is 0.222. The predicted molar refractivity (Wildman–Crippen MR) is 88.5 cm³/mol. The number of carbonyl (C=O) groups excluding carboxylic acids is 2. The molecule has 2 amide bonds. The van der Waals surface area contributed by atoms with Crippen LogP contribution in [0.5, 0.6) is 0 Å². The van der Waals surface area contributed by atoms with Crippen molar-refractivity contribution in [2.75, 3.05) is 10.6 Å². The highest BCUT2D eigenvalue weighted by Crippen LogP contribution is 2.15. The number of benzene rings is 2. The molecule has 0 aromatic heterocycles. The number of nitrogens with one attached hydrogen (secondary N) is 2. The van der Waals surface area contributed by atoms with Gasteiger partial charge in [-0.1, -0.05) is 43.3 Å². The molecular weight excluding hydrogens is 276 g/mol. The summed E-state index contributed by atoms with van der Waals surface area (Å²) in [4.78, 5) is 24.3. The predicted octanol–water partition coefficient (Wildman–Crippen LogP) is 3.68. The Hall–Kier alpha value is -2.62. The van der Waals surface area contributed by atoms with E-state index in [-0.39, 0.29) is 24.2 Å². The number of hydrogen-bond donors (Lipinski definition) is 2. The number of anilines is 2. The minimum Gasteiger partial charge on any atom is -0.326 e. The molecule has 0 fully saturated rings. The molecule has 2 aromatic carbocycles. The molecule has 2 rings (SSSR count). The first kappa shape index (κ1) is 15.8. The van der Waals surface area contributed by atoms with Crippen LogP contribution >= 0.6 is 0 Å². The van der Waals surface area contributed by atoms with Crippen LogP contribution in [0.2, 0.25) is 0 Å². The van der Waals surface area contributed by atoms with Crippen LogP contribution in [0, 0.1) is 5.92 Å². The third-order valence-electron chi connectivity index (χ3n) is 3.39. The molecule has 1 unspecified atom stereocenters. The summed E-state index contributed by atoms with van der Waals surface area (Å²) in [6.07, 6.45) is 0.783. The Balaban J connectivity index is 1.91. The van der Waals surface area contributed by atoms with Crippen molar-refractivity contribution in [1.82, 2.24) is 0 Å². The molecule has 0 spiro atoms. The lowest BCUT2D eigenvalue weighted by Crippen LogP contribution is -2.27. The zero-order valence-electron chi connectivity index (χ0n) is 12.6. The quantitative estimate of drug-likeness (QED) is 0.854. The molecule has 0 bridgehead atoms. The molecule has 0 radical (unpaired) electrons. The van der Waals surface area contributed by atoms with Gasteiger partial charge in [0.1, 0.15) is 0 Å². The number of carbonyl (C=O) groups is 2. The van der Waals surface area contributed by atoms with Crippen LogP contribution in [-0.2, 0) is 9.59 Å². The molecule has 22 heavy (non-hydrogen) atoms. The maximum absolute atomic E-state index is 12.2. The molecule has 1 atom stereocenters. The molecule has 0 aliphatic heterocycles. The second-order valence-electron chi connectivity index (χ2n) is 5.08. The summed E-state index contributed by atoms with van der Waals surface area (Å²) in [5, 5.41) is 5.65. The van der Waals surface area contributed by atoms with E-state index in [1.807, 2.05) is 67.6 Å². The average Bonchev–Trinajstić information content (AvgIpc) is 2.54. The Kier molecular flexibility index (Phi) is 5.72. The van der Waals surface area contributed by atoms with Crippen molar-refractivity contribution in [2.24, 2.45) is 5.92 Å². The van der Waals surface area contributed by atoms with Crippen LogP contribution in [0.15, 0.2) is 60.7 Å². The van der Waals surface area contributed by atoms with Gasteiger partial charge in [0, 0.05) is 23.7 Å². The average molecular weight is 296 g/mol. The number of hydrogen-bond acceptors (Lipinski definition) is 2.